The summed E-state index contributed by atoms with van der Waals surface area (Å²) in [7, 11) is 1.86. The van der Waals surface area contributed by atoms with Crippen LogP contribution in [0.4, 0.5) is 0 Å². The van der Waals surface area contributed by atoms with Crippen LogP contribution in [0.1, 0.15) is 12.5 Å². The number of nitrogens with zero attached hydrogens (tertiary/aromatic N) is 1. The molecule has 0 bridgehead atoms. The van der Waals surface area contributed by atoms with Crippen molar-refractivity contribution >= 4 is 25.5 Å². The number of benzene rings is 1. The maximum atomic E-state index is 4.24. The molecule has 0 heterocycles. The van der Waals surface area contributed by atoms with Crippen LogP contribution in [0.2, 0.25) is 0 Å². The third kappa shape index (κ3) is 2.53. The molecule has 1 nitrogen and oxygen atoms in total. The first-order valence-electron chi connectivity index (χ1n) is 4.19. The van der Waals surface area contributed by atoms with Crippen molar-refractivity contribution in [3.8, 4) is 0 Å². The van der Waals surface area contributed by atoms with E-state index in [0.29, 0.717) is 0 Å². The molecule has 0 aliphatic carbocycles. The summed E-state index contributed by atoms with van der Waals surface area (Å²) < 4.78 is 1.54. The summed E-state index contributed by atoms with van der Waals surface area (Å²) in [5.41, 5.74) is 2.50. The van der Waals surface area contributed by atoms with E-state index in [-0.39, 0.29) is 0 Å². The molecule has 0 spiro atoms. The molecule has 0 radical (unpaired) electrons. The molecule has 13 heavy (non-hydrogen) atoms. The van der Waals surface area contributed by atoms with Crippen molar-refractivity contribution in [1.82, 2.24) is 0 Å². The summed E-state index contributed by atoms with van der Waals surface area (Å²) in [5.74, 6) is 0. The molecule has 1 aromatic rings. The van der Waals surface area contributed by atoms with Gasteiger partial charge >= 0.3 is 87.8 Å². The minimum absolute atomic E-state index is 0.883. The van der Waals surface area contributed by atoms with Gasteiger partial charge in [0.15, 0.2) is 0 Å². The number of rotatable bonds is 2. The molecule has 0 aromatic heterocycles. The summed E-state index contributed by atoms with van der Waals surface area (Å²) >= 11 is -0.883. The Hall–Kier alpha value is -0.380. The number of aliphatic imine (C=N–C) groups is 1. The van der Waals surface area contributed by atoms with Crippen LogP contribution in [0.15, 0.2) is 29.3 Å². The Labute approximate surface area is 87.7 Å². The zero-order valence-electron chi connectivity index (χ0n) is 8.63. The first-order chi connectivity index (χ1) is 6.16. The summed E-state index contributed by atoms with van der Waals surface area (Å²) in [6.45, 7) is 2.08. The van der Waals surface area contributed by atoms with Gasteiger partial charge in [-0.25, -0.2) is 0 Å². The normalized spacial score (nSPS) is 12.9. The Bertz CT molecular complexity index is 316. The first kappa shape index (κ1) is 10.7. The average molecular weight is 289 g/mol. The Morgan fingerprint density at radius 2 is 1.85 bits per heavy atom. The Balaban J connectivity index is 3.20. The van der Waals surface area contributed by atoms with Gasteiger partial charge in [-0.15, -0.1) is 0 Å². The third-order valence-electron chi connectivity index (χ3n) is 2.01. The van der Waals surface area contributed by atoms with Gasteiger partial charge in [0.25, 0.3) is 0 Å². The summed E-state index contributed by atoms with van der Waals surface area (Å²) in [5, 5.41) is 0. The van der Waals surface area contributed by atoms with Crippen molar-refractivity contribution in [3.63, 3.8) is 0 Å². The number of hydrogen-bond acceptors (Lipinski definition) is 1. The summed E-state index contributed by atoms with van der Waals surface area (Å²) in [6.07, 6.45) is 0. The predicted molar refractivity (Wildman–Crippen MR) is 69.1 cm³/mol. The minimum atomic E-state index is -0.883. The monoisotopic (exact) mass is 289 g/mol. The summed E-state index contributed by atoms with van der Waals surface area (Å²) in [6, 6.07) is 8.64. The molecule has 0 amide bonds. The SMILES string of the molecule is CN=C(C)c1ccccc1I(C)C. The van der Waals surface area contributed by atoms with Gasteiger partial charge in [-0.05, 0) is 0 Å². The molecule has 0 aliphatic heterocycles. The van der Waals surface area contributed by atoms with Crippen LogP contribution >= 0.6 is 19.8 Å². The van der Waals surface area contributed by atoms with Gasteiger partial charge in [0.05, 0.1) is 0 Å². The fourth-order valence-corrected chi connectivity index (χ4v) is 3.86. The fourth-order valence-electron chi connectivity index (χ4n) is 1.20. The third-order valence-corrected chi connectivity index (χ3v) is 5.27. The van der Waals surface area contributed by atoms with Gasteiger partial charge < -0.3 is 0 Å². The van der Waals surface area contributed by atoms with Crippen molar-refractivity contribution in [1.29, 1.82) is 0 Å². The molecule has 2 heteroatoms. The van der Waals surface area contributed by atoms with E-state index in [1.54, 1.807) is 0 Å². The molecular formula is C11H16IN. The van der Waals surface area contributed by atoms with Crippen LogP contribution in [0, 0.1) is 3.57 Å². The van der Waals surface area contributed by atoms with Crippen molar-refractivity contribution in [2.24, 2.45) is 4.99 Å². The summed E-state index contributed by atoms with van der Waals surface area (Å²) in [4.78, 5) is 8.98. The van der Waals surface area contributed by atoms with Crippen molar-refractivity contribution in [3.05, 3.63) is 33.4 Å². The van der Waals surface area contributed by atoms with E-state index in [4.69, 9.17) is 0 Å². The zero-order chi connectivity index (χ0) is 9.84. The molecule has 0 atom stereocenters. The first-order valence-corrected chi connectivity index (χ1v) is 9.59. The van der Waals surface area contributed by atoms with E-state index in [2.05, 4.69) is 46.0 Å². The number of hydrogen-bond donors (Lipinski definition) is 0. The average Bonchev–Trinajstić information content (AvgIpc) is 2.16. The van der Waals surface area contributed by atoms with Crippen LogP contribution in [-0.4, -0.2) is 22.6 Å². The van der Waals surface area contributed by atoms with Crippen molar-refractivity contribution in [2.75, 3.05) is 16.9 Å². The molecule has 0 aliphatic rings. The number of halogens is 1. The Morgan fingerprint density at radius 1 is 1.23 bits per heavy atom. The topological polar surface area (TPSA) is 12.4 Å². The second kappa shape index (κ2) is 4.74. The van der Waals surface area contributed by atoms with E-state index in [9.17, 15) is 0 Å². The van der Waals surface area contributed by atoms with Crippen molar-refractivity contribution < 1.29 is 0 Å². The molecule has 1 rings (SSSR count). The van der Waals surface area contributed by atoms with E-state index < -0.39 is 19.8 Å². The second-order valence-electron chi connectivity index (χ2n) is 3.04. The second-order valence-corrected chi connectivity index (χ2v) is 8.52. The fraction of sp³-hybridized carbons (Fsp3) is 0.364. The van der Waals surface area contributed by atoms with Gasteiger partial charge in [0.2, 0.25) is 0 Å². The van der Waals surface area contributed by atoms with Gasteiger partial charge in [0, 0.05) is 0 Å². The van der Waals surface area contributed by atoms with E-state index >= 15 is 0 Å². The Kier molecular flexibility index (Phi) is 3.90. The predicted octanol–water partition coefficient (Wildman–Crippen LogP) is 3.06. The molecule has 72 valence electrons. The zero-order valence-corrected chi connectivity index (χ0v) is 10.8. The van der Waals surface area contributed by atoms with Crippen LogP contribution in [0.3, 0.4) is 0 Å². The molecule has 0 unspecified atom stereocenters. The number of alkyl halides is 2. The van der Waals surface area contributed by atoms with Gasteiger partial charge in [-0.2, -0.15) is 0 Å². The van der Waals surface area contributed by atoms with Crippen LogP contribution in [0.25, 0.3) is 0 Å². The molecule has 0 fully saturated rings. The molecule has 0 N–H and O–H groups in total. The van der Waals surface area contributed by atoms with Crippen LogP contribution in [-0.2, 0) is 0 Å². The van der Waals surface area contributed by atoms with Crippen molar-refractivity contribution in [2.45, 2.75) is 6.92 Å². The standard InChI is InChI=1S/C11H16IN/c1-9(13-4)10-7-5-6-8-11(10)12(2)3/h5-8H,1-4H3. The van der Waals surface area contributed by atoms with Gasteiger partial charge in [0.1, 0.15) is 0 Å². The molecular weight excluding hydrogens is 273 g/mol. The van der Waals surface area contributed by atoms with E-state index in [0.717, 1.165) is 5.71 Å². The molecule has 0 saturated heterocycles. The maximum absolute atomic E-state index is 4.24. The van der Waals surface area contributed by atoms with E-state index in [1.807, 2.05) is 7.05 Å². The quantitative estimate of drug-likeness (QED) is 0.451. The van der Waals surface area contributed by atoms with Gasteiger partial charge in [-0.1, -0.05) is 0 Å². The van der Waals surface area contributed by atoms with Gasteiger partial charge in [-0.3, -0.25) is 0 Å². The van der Waals surface area contributed by atoms with E-state index in [1.165, 1.54) is 9.13 Å². The molecule has 0 saturated carbocycles. The molecule has 1 aromatic carbocycles. The van der Waals surface area contributed by atoms with Crippen LogP contribution in [0.5, 0.6) is 0 Å². The Morgan fingerprint density at radius 3 is 2.38 bits per heavy atom. The van der Waals surface area contributed by atoms with Crippen LogP contribution < -0.4 is 0 Å².